The monoisotopic (exact) mass is 1030 g/mol. The fourth-order valence-electron chi connectivity index (χ4n) is 11.4. The van der Waals surface area contributed by atoms with Gasteiger partial charge in [0.05, 0.1) is 22.7 Å². The molecule has 0 aliphatic carbocycles. The molecule has 80 heavy (non-hydrogen) atoms. The van der Waals surface area contributed by atoms with Gasteiger partial charge in [0.15, 0.2) is 34.9 Å². The van der Waals surface area contributed by atoms with E-state index >= 15 is 0 Å². The van der Waals surface area contributed by atoms with Gasteiger partial charge in [-0.3, -0.25) is 19.9 Å². The van der Waals surface area contributed by atoms with Crippen LogP contribution < -0.4 is 9.80 Å². The summed E-state index contributed by atoms with van der Waals surface area (Å²) < 4.78 is 0. The third-order valence-electron chi connectivity index (χ3n) is 15.3. The summed E-state index contributed by atoms with van der Waals surface area (Å²) in [6.45, 7) is 9.21. The van der Waals surface area contributed by atoms with E-state index < -0.39 is 0 Å². The van der Waals surface area contributed by atoms with Crippen LogP contribution in [0.5, 0.6) is 0 Å². The van der Waals surface area contributed by atoms with Crippen LogP contribution in [-0.2, 0) is 10.8 Å². The number of rotatable bonds is 9. The zero-order valence-electron chi connectivity index (χ0n) is 44.3. The fourth-order valence-corrected chi connectivity index (χ4v) is 11.4. The van der Waals surface area contributed by atoms with Crippen molar-refractivity contribution in [2.24, 2.45) is 0 Å². The van der Waals surface area contributed by atoms with E-state index in [0.29, 0.717) is 57.7 Å². The van der Waals surface area contributed by atoms with Crippen LogP contribution in [0.15, 0.2) is 231 Å². The van der Waals surface area contributed by atoms with Crippen LogP contribution in [0, 0.1) is 0 Å². The number of hydrogen-bond acceptors (Lipinski definition) is 12. The average molecular weight is 1040 g/mol. The summed E-state index contributed by atoms with van der Waals surface area (Å²) in [5.41, 5.74) is 16.1. The highest BCUT2D eigenvalue weighted by atomic mass is 15.2. The molecule has 2 aliphatic heterocycles. The summed E-state index contributed by atoms with van der Waals surface area (Å²) >= 11 is 0. The first kappa shape index (κ1) is 48.0. The quantitative estimate of drug-likeness (QED) is 0.136. The Balaban J connectivity index is 1.07. The number of pyridine rings is 4. The van der Waals surface area contributed by atoms with E-state index in [0.717, 1.165) is 56.4 Å². The third-order valence-corrected chi connectivity index (χ3v) is 15.3. The number of para-hydroxylation sites is 4. The first-order valence-electron chi connectivity index (χ1n) is 26.6. The van der Waals surface area contributed by atoms with Crippen molar-refractivity contribution in [2.75, 3.05) is 9.80 Å². The number of fused-ring (bicyclic) bond motifs is 4. The van der Waals surface area contributed by atoms with Crippen molar-refractivity contribution in [3.8, 4) is 80.0 Å². The number of hydrogen-bond donors (Lipinski definition) is 0. The minimum Gasteiger partial charge on any atom is -0.310 e. The molecule has 0 unspecified atom stereocenters. The minimum atomic E-state index is -0.293. The van der Waals surface area contributed by atoms with Crippen LogP contribution in [0.25, 0.3) is 80.0 Å². The van der Waals surface area contributed by atoms with Gasteiger partial charge in [-0.1, -0.05) is 125 Å². The maximum absolute atomic E-state index is 5.25. The summed E-state index contributed by atoms with van der Waals surface area (Å²) in [5, 5.41) is 0. The zero-order valence-corrected chi connectivity index (χ0v) is 44.3. The lowest BCUT2D eigenvalue weighted by atomic mass is 9.73. The molecule has 0 atom stereocenters. The van der Waals surface area contributed by atoms with Crippen LogP contribution in [-0.4, -0.2) is 49.8 Å². The zero-order chi connectivity index (χ0) is 54.0. The molecule has 0 saturated carbocycles. The van der Waals surface area contributed by atoms with Crippen molar-refractivity contribution < 1.29 is 0 Å². The van der Waals surface area contributed by atoms with Gasteiger partial charge < -0.3 is 9.80 Å². The largest absolute Gasteiger partial charge is 0.310 e. The van der Waals surface area contributed by atoms with E-state index in [2.05, 4.69) is 171 Å². The van der Waals surface area contributed by atoms with Crippen LogP contribution in [0.2, 0.25) is 0 Å². The second-order valence-electron chi connectivity index (χ2n) is 21.0. The van der Waals surface area contributed by atoms with E-state index in [-0.39, 0.29) is 10.8 Å². The molecule has 6 aromatic carbocycles. The van der Waals surface area contributed by atoms with Gasteiger partial charge >= 0.3 is 0 Å². The van der Waals surface area contributed by atoms with Crippen LogP contribution >= 0.6 is 0 Å². The molecule has 0 N–H and O–H groups in total. The second kappa shape index (κ2) is 19.2. The first-order valence-corrected chi connectivity index (χ1v) is 26.6. The maximum atomic E-state index is 5.25. The molecule has 12 aromatic rings. The Labute approximate surface area is 463 Å². The third kappa shape index (κ3) is 8.32. The summed E-state index contributed by atoms with van der Waals surface area (Å²) in [7, 11) is 0. The van der Waals surface area contributed by atoms with E-state index in [1.807, 2.05) is 72.8 Å². The first-order chi connectivity index (χ1) is 39.2. The van der Waals surface area contributed by atoms with Gasteiger partial charge in [-0.05, 0) is 143 Å². The molecule has 0 amide bonds. The lowest BCUT2D eigenvalue weighted by Gasteiger charge is -2.42. The Morgan fingerprint density at radius 1 is 0.263 bits per heavy atom. The van der Waals surface area contributed by atoms with Gasteiger partial charge in [-0.2, -0.15) is 0 Å². The highest BCUT2D eigenvalue weighted by Crippen LogP contribution is 2.55. The number of aromatic nitrogens is 10. The Hall–Kier alpha value is -10.5. The molecule has 382 valence electrons. The fraction of sp³-hybridized carbons (Fsp3) is 0.0882. The summed E-state index contributed by atoms with van der Waals surface area (Å²) in [4.78, 5) is 54.6. The Morgan fingerprint density at radius 2 is 0.512 bits per heavy atom. The Kier molecular flexibility index (Phi) is 11.5. The molecule has 0 spiro atoms. The SMILES string of the molecule is CC1(C)c2ccccc2N(c2cc(-c3cc(-c4nc(-c5ccccn5)nc(-c5ccccn5)n4)cc(N4c5ccccc5C(C)(C)c5ccccc54)c3)cc(-c3nc(-c4ccccn4)nc(-c4ccccn4)n3)c2)c2ccccc21. The molecule has 0 bridgehead atoms. The molecule has 0 saturated heterocycles. The van der Waals surface area contributed by atoms with Crippen molar-refractivity contribution in [1.82, 2.24) is 49.8 Å². The predicted octanol–water partition coefficient (Wildman–Crippen LogP) is 15.5. The van der Waals surface area contributed by atoms with Gasteiger partial charge in [-0.25, -0.2) is 29.9 Å². The van der Waals surface area contributed by atoms with Crippen LogP contribution in [0.1, 0.15) is 49.9 Å². The Bertz CT molecular complexity index is 3830. The van der Waals surface area contributed by atoms with Gasteiger partial charge in [0.1, 0.15) is 22.8 Å². The molecule has 14 rings (SSSR count). The molecule has 12 heteroatoms. The summed E-state index contributed by atoms with van der Waals surface area (Å²) in [5.74, 6) is 2.62. The van der Waals surface area contributed by atoms with Crippen molar-refractivity contribution in [3.63, 3.8) is 0 Å². The van der Waals surface area contributed by atoms with Crippen LogP contribution in [0.3, 0.4) is 0 Å². The summed E-state index contributed by atoms with van der Waals surface area (Å²) in [6.07, 6.45) is 7.00. The molecule has 6 aromatic heterocycles. The number of nitrogens with zero attached hydrogens (tertiary/aromatic N) is 12. The average Bonchev–Trinajstić information content (AvgIpc) is 3.66. The lowest BCUT2D eigenvalue weighted by Crippen LogP contribution is -2.30. The van der Waals surface area contributed by atoms with E-state index in [1.54, 1.807) is 24.8 Å². The van der Waals surface area contributed by atoms with E-state index in [4.69, 9.17) is 49.8 Å². The number of benzene rings is 6. The molecule has 2 aliphatic rings. The Morgan fingerprint density at radius 3 is 0.787 bits per heavy atom. The molecule has 12 nitrogen and oxygen atoms in total. The highest BCUT2D eigenvalue weighted by molar-refractivity contribution is 5.93. The predicted molar refractivity (Wildman–Crippen MR) is 316 cm³/mol. The van der Waals surface area contributed by atoms with Crippen LogP contribution in [0.4, 0.5) is 34.1 Å². The molecule has 8 heterocycles. The standard InChI is InChI=1S/C68H50N12/c1-67(2)49-21-5-9-29-57(49)79(58-30-10-6-22-50(58)67)47-39-43(37-45(41-47)61-73-63(53-25-13-17-33-69-53)77-64(74-61)54-26-14-18-34-70-54)44-38-46(62-75-65(55-27-15-19-35-71-55)78-66(76-62)56-28-16-20-36-72-56)42-48(40-44)80-59-31-11-7-23-51(59)68(3,4)52-24-8-12-32-60(52)80/h5-42H,1-4H3. The van der Waals surface area contributed by atoms with Crippen molar-refractivity contribution >= 4 is 34.1 Å². The second-order valence-corrected chi connectivity index (χ2v) is 21.0. The molecular weight excluding hydrogens is 985 g/mol. The topological polar surface area (TPSA) is 135 Å². The van der Waals surface area contributed by atoms with Gasteiger partial charge in [-0.15, -0.1) is 0 Å². The molecular formula is C68H50N12. The van der Waals surface area contributed by atoms with Gasteiger partial charge in [0, 0.05) is 58.1 Å². The normalized spacial score (nSPS) is 13.7. The van der Waals surface area contributed by atoms with Gasteiger partial charge in [0.25, 0.3) is 0 Å². The van der Waals surface area contributed by atoms with Crippen molar-refractivity contribution in [2.45, 2.75) is 38.5 Å². The van der Waals surface area contributed by atoms with Crippen molar-refractivity contribution in [3.05, 3.63) is 253 Å². The molecule has 0 fully saturated rings. The smallest absolute Gasteiger partial charge is 0.182 e. The maximum Gasteiger partial charge on any atom is 0.182 e. The van der Waals surface area contributed by atoms with Gasteiger partial charge in [0.2, 0.25) is 0 Å². The van der Waals surface area contributed by atoms with E-state index in [1.165, 1.54) is 22.3 Å². The highest BCUT2D eigenvalue weighted by Gasteiger charge is 2.39. The van der Waals surface area contributed by atoms with E-state index in [9.17, 15) is 0 Å². The number of anilines is 6. The molecule has 0 radical (unpaired) electrons. The van der Waals surface area contributed by atoms with Crippen molar-refractivity contribution in [1.29, 1.82) is 0 Å². The minimum absolute atomic E-state index is 0.293. The summed E-state index contributed by atoms with van der Waals surface area (Å²) in [6, 6.07) is 71.0. The lowest BCUT2D eigenvalue weighted by molar-refractivity contribution is 0.631.